The number of hydrogen-bond donors (Lipinski definition) is 1. The number of hydrogen-bond acceptors (Lipinski definition) is 4. The van der Waals surface area contributed by atoms with Gasteiger partial charge in [-0.2, -0.15) is 0 Å². The molecule has 1 unspecified atom stereocenters. The van der Waals surface area contributed by atoms with E-state index in [-0.39, 0.29) is 31.1 Å². The second kappa shape index (κ2) is 9.11. The van der Waals surface area contributed by atoms with Crippen LogP contribution in [0.5, 0.6) is 11.5 Å². The number of nitrogens with one attached hydrogen (secondary N) is 1. The Morgan fingerprint density at radius 2 is 1.78 bits per heavy atom. The van der Waals surface area contributed by atoms with Gasteiger partial charge in [0.15, 0.2) is 11.5 Å². The molecule has 144 valence electrons. The highest BCUT2D eigenvalue weighted by molar-refractivity contribution is 5.85. The summed E-state index contributed by atoms with van der Waals surface area (Å²) in [5.41, 5.74) is 2.20. The quantitative estimate of drug-likeness (QED) is 0.824. The van der Waals surface area contributed by atoms with Gasteiger partial charge < -0.3 is 14.8 Å². The molecule has 1 N–H and O–H groups in total. The van der Waals surface area contributed by atoms with Crippen molar-refractivity contribution in [1.82, 2.24) is 10.2 Å². The first kappa shape index (κ1) is 19.5. The molecule has 0 aliphatic carbocycles. The molecule has 2 aliphatic heterocycles. The molecule has 6 heteroatoms. The topological polar surface area (TPSA) is 50.8 Å². The molecule has 0 aromatic heterocycles. The number of amides is 1. The lowest BCUT2D eigenvalue weighted by Gasteiger charge is -2.28. The van der Waals surface area contributed by atoms with Crippen molar-refractivity contribution in [1.29, 1.82) is 0 Å². The minimum absolute atomic E-state index is 0. The molecule has 2 aromatic carbocycles. The number of benzene rings is 2. The molecular formula is C21H25ClN2O3. The first-order chi connectivity index (χ1) is 12.8. The highest BCUT2D eigenvalue weighted by Crippen LogP contribution is 2.36. The van der Waals surface area contributed by atoms with E-state index in [0.717, 1.165) is 35.7 Å². The third-order valence-corrected chi connectivity index (χ3v) is 5.06. The molecule has 1 atom stereocenters. The second-order valence-corrected chi connectivity index (χ2v) is 6.84. The molecule has 0 radical (unpaired) electrons. The van der Waals surface area contributed by atoms with Crippen molar-refractivity contribution in [2.75, 3.05) is 26.4 Å². The fourth-order valence-corrected chi connectivity index (χ4v) is 3.69. The van der Waals surface area contributed by atoms with E-state index < -0.39 is 0 Å². The molecule has 0 saturated carbocycles. The van der Waals surface area contributed by atoms with E-state index in [1.165, 1.54) is 12.8 Å². The number of carbonyl (C=O) groups is 1. The molecule has 4 rings (SSSR count). The Bertz CT molecular complexity index is 763. The molecule has 2 heterocycles. The Morgan fingerprint density at radius 1 is 1.04 bits per heavy atom. The van der Waals surface area contributed by atoms with Crippen molar-refractivity contribution in [3.05, 3.63) is 59.7 Å². The van der Waals surface area contributed by atoms with Gasteiger partial charge in [-0.1, -0.05) is 36.4 Å². The third kappa shape index (κ3) is 4.73. The van der Waals surface area contributed by atoms with Crippen LogP contribution in [0.25, 0.3) is 0 Å². The summed E-state index contributed by atoms with van der Waals surface area (Å²) in [6, 6.07) is 16.1. The van der Waals surface area contributed by atoms with Crippen LogP contribution in [0.3, 0.4) is 0 Å². The van der Waals surface area contributed by atoms with E-state index in [1.54, 1.807) is 0 Å². The van der Waals surface area contributed by atoms with Crippen LogP contribution in [0.4, 0.5) is 0 Å². The van der Waals surface area contributed by atoms with E-state index in [1.807, 2.05) is 36.4 Å². The maximum atomic E-state index is 12.4. The fourth-order valence-electron chi connectivity index (χ4n) is 3.69. The predicted molar refractivity (Wildman–Crippen MR) is 107 cm³/mol. The Labute approximate surface area is 166 Å². The number of fused-ring (bicyclic) bond motifs is 1. The van der Waals surface area contributed by atoms with Crippen LogP contribution >= 0.6 is 12.4 Å². The van der Waals surface area contributed by atoms with Crippen LogP contribution < -0.4 is 14.8 Å². The van der Waals surface area contributed by atoms with Crippen LogP contribution in [0.1, 0.15) is 30.0 Å². The zero-order chi connectivity index (χ0) is 17.8. The second-order valence-electron chi connectivity index (χ2n) is 6.84. The maximum absolute atomic E-state index is 12.4. The minimum Gasteiger partial charge on any atom is -0.454 e. The number of carbonyl (C=O) groups excluding carboxylic acids is 1. The number of likely N-dealkylation sites (tertiary alicyclic amines) is 1. The molecule has 1 saturated heterocycles. The SMILES string of the molecule is Cl.O=C(Cc1ccccc1)NCC(c1ccc2c(c1)OCO2)N1CCCC1. The number of halogens is 1. The first-order valence-corrected chi connectivity index (χ1v) is 9.24. The number of nitrogens with zero attached hydrogens (tertiary/aromatic N) is 1. The molecular weight excluding hydrogens is 364 g/mol. The van der Waals surface area contributed by atoms with E-state index in [2.05, 4.69) is 22.3 Å². The van der Waals surface area contributed by atoms with Crippen LogP contribution in [0.2, 0.25) is 0 Å². The predicted octanol–water partition coefficient (Wildman–Crippen LogP) is 3.33. The molecule has 0 bridgehead atoms. The third-order valence-electron chi connectivity index (χ3n) is 5.06. The van der Waals surface area contributed by atoms with Crippen LogP contribution in [-0.2, 0) is 11.2 Å². The summed E-state index contributed by atoms with van der Waals surface area (Å²) in [5.74, 6) is 1.64. The van der Waals surface area contributed by atoms with Crippen LogP contribution in [-0.4, -0.2) is 37.2 Å². The Balaban J connectivity index is 0.00000210. The smallest absolute Gasteiger partial charge is 0.231 e. The van der Waals surface area contributed by atoms with Crippen molar-refractivity contribution in [3.63, 3.8) is 0 Å². The summed E-state index contributed by atoms with van der Waals surface area (Å²) in [6.45, 7) is 3.01. The lowest BCUT2D eigenvalue weighted by molar-refractivity contribution is -0.120. The maximum Gasteiger partial charge on any atom is 0.231 e. The molecule has 1 fully saturated rings. The molecule has 27 heavy (non-hydrogen) atoms. The highest BCUT2D eigenvalue weighted by atomic mass is 35.5. The van der Waals surface area contributed by atoms with Gasteiger partial charge in [0.2, 0.25) is 12.7 Å². The average molecular weight is 389 g/mol. The monoisotopic (exact) mass is 388 g/mol. The number of rotatable bonds is 6. The van der Waals surface area contributed by atoms with E-state index in [9.17, 15) is 4.79 Å². The molecule has 2 aliphatic rings. The van der Waals surface area contributed by atoms with Gasteiger partial charge in [0.05, 0.1) is 12.5 Å². The van der Waals surface area contributed by atoms with Gasteiger partial charge in [0.1, 0.15) is 0 Å². The average Bonchev–Trinajstić information content (AvgIpc) is 3.34. The van der Waals surface area contributed by atoms with Crippen molar-refractivity contribution in [3.8, 4) is 11.5 Å². The molecule has 2 aromatic rings. The van der Waals surface area contributed by atoms with Gasteiger partial charge in [-0.05, 0) is 49.2 Å². The first-order valence-electron chi connectivity index (χ1n) is 9.24. The minimum atomic E-state index is 0. The Hall–Kier alpha value is -2.24. The normalized spacial score (nSPS) is 16.6. The van der Waals surface area contributed by atoms with E-state index in [4.69, 9.17) is 9.47 Å². The van der Waals surface area contributed by atoms with Gasteiger partial charge in [-0.3, -0.25) is 9.69 Å². The molecule has 1 amide bonds. The highest BCUT2D eigenvalue weighted by Gasteiger charge is 2.26. The fraction of sp³-hybridized carbons (Fsp3) is 0.381. The summed E-state index contributed by atoms with van der Waals surface area (Å²) >= 11 is 0. The van der Waals surface area contributed by atoms with Crippen molar-refractivity contribution in [2.24, 2.45) is 0 Å². The summed E-state index contributed by atoms with van der Waals surface area (Å²) in [4.78, 5) is 14.8. The zero-order valence-corrected chi connectivity index (χ0v) is 16.0. The Morgan fingerprint density at radius 3 is 2.56 bits per heavy atom. The summed E-state index contributed by atoms with van der Waals surface area (Å²) in [7, 11) is 0. The van der Waals surface area contributed by atoms with E-state index in [0.29, 0.717) is 13.0 Å². The molecule has 5 nitrogen and oxygen atoms in total. The standard InChI is InChI=1S/C21H24N2O3.ClH/c24-21(12-16-6-2-1-3-7-16)22-14-18(23-10-4-5-11-23)17-8-9-19-20(13-17)26-15-25-19;/h1-3,6-9,13,18H,4-5,10-12,14-15H2,(H,22,24);1H. The zero-order valence-electron chi connectivity index (χ0n) is 15.2. The van der Waals surface area contributed by atoms with Crippen molar-refractivity contribution < 1.29 is 14.3 Å². The summed E-state index contributed by atoms with van der Waals surface area (Å²) in [5, 5.41) is 3.12. The van der Waals surface area contributed by atoms with Gasteiger partial charge in [-0.25, -0.2) is 0 Å². The van der Waals surface area contributed by atoms with Crippen LogP contribution in [0, 0.1) is 0 Å². The van der Waals surface area contributed by atoms with Gasteiger partial charge in [0, 0.05) is 6.54 Å². The largest absolute Gasteiger partial charge is 0.454 e. The van der Waals surface area contributed by atoms with Crippen molar-refractivity contribution >= 4 is 18.3 Å². The van der Waals surface area contributed by atoms with Crippen molar-refractivity contribution in [2.45, 2.75) is 25.3 Å². The van der Waals surface area contributed by atoms with Gasteiger partial charge in [0.25, 0.3) is 0 Å². The lowest BCUT2D eigenvalue weighted by Crippen LogP contribution is -2.37. The van der Waals surface area contributed by atoms with E-state index >= 15 is 0 Å². The van der Waals surface area contributed by atoms with Gasteiger partial charge >= 0.3 is 0 Å². The summed E-state index contributed by atoms with van der Waals surface area (Å²) in [6.07, 6.45) is 2.83. The number of ether oxygens (including phenoxy) is 2. The van der Waals surface area contributed by atoms with Crippen LogP contribution in [0.15, 0.2) is 48.5 Å². The lowest BCUT2D eigenvalue weighted by atomic mass is 10.0. The Kier molecular flexibility index (Phi) is 6.58. The van der Waals surface area contributed by atoms with Gasteiger partial charge in [-0.15, -0.1) is 12.4 Å². The summed E-state index contributed by atoms with van der Waals surface area (Å²) < 4.78 is 10.9. The molecule has 0 spiro atoms.